The lowest BCUT2D eigenvalue weighted by Crippen LogP contribution is -2.15. The molecular weight excluding hydrogens is 246 g/mol. The Morgan fingerprint density at radius 2 is 2.56 bits per heavy atom. The summed E-state index contributed by atoms with van der Waals surface area (Å²) < 4.78 is 7.57. The molecule has 3 heterocycles. The van der Waals surface area contributed by atoms with Crippen LogP contribution in [0.5, 0.6) is 0 Å². The molecule has 96 valence electrons. The van der Waals surface area contributed by atoms with Crippen LogP contribution in [0.2, 0.25) is 0 Å². The van der Waals surface area contributed by atoms with Gasteiger partial charge in [-0.05, 0) is 24.3 Å². The Kier molecular flexibility index (Phi) is 3.61. The molecule has 1 unspecified atom stereocenters. The van der Waals surface area contributed by atoms with Crippen LogP contribution >= 0.6 is 11.3 Å². The van der Waals surface area contributed by atoms with Crippen molar-refractivity contribution < 1.29 is 4.74 Å². The van der Waals surface area contributed by atoms with Crippen LogP contribution in [0, 0.1) is 0 Å². The molecule has 2 aromatic heterocycles. The van der Waals surface area contributed by atoms with E-state index in [2.05, 4.69) is 34.1 Å². The van der Waals surface area contributed by atoms with E-state index in [0.29, 0.717) is 6.10 Å². The second-order valence-corrected chi connectivity index (χ2v) is 5.55. The van der Waals surface area contributed by atoms with Gasteiger partial charge < -0.3 is 10.1 Å². The zero-order chi connectivity index (χ0) is 12.2. The van der Waals surface area contributed by atoms with Crippen molar-refractivity contribution >= 4 is 17.0 Å². The predicted molar refractivity (Wildman–Crippen MR) is 72.8 cm³/mol. The molecule has 1 fully saturated rings. The SMILES string of the molecule is c1csc(CNc2cnn(CC3CCCO3)c2)c1. The van der Waals surface area contributed by atoms with Gasteiger partial charge in [0, 0.05) is 24.2 Å². The van der Waals surface area contributed by atoms with E-state index in [-0.39, 0.29) is 0 Å². The maximum atomic E-state index is 5.61. The molecule has 4 nitrogen and oxygen atoms in total. The fraction of sp³-hybridized carbons (Fsp3) is 0.462. The van der Waals surface area contributed by atoms with Gasteiger partial charge in [0.25, 0.3) is 0 Å². The summed E-state index contributed by atoms with van der Waals surface area (Å²) in [5, 5.41) is 9.83. The van der Waals surface area contributed by atoms with E-state index in [1.165, 1.54) is 11.3 Å². The third-order valence-corrected chi connectivity index (χ3v) is 3.97. The Morgan fingerprint density at radius 1 is 1.56 bits per heavy atom. The van der Waals surface area contributed by atoms with Gasteiger partial charge >= 0.3 is 0 Å². The second-order valence-electron chi connectivity index (χ2n) is 4.52. The number of ether oxygens (including phenoxy) is 1. The minimum absolute atomic E-state index is 0.343. The molecule has 1 aliphatic rings. The highest BCUT2D eigenvalue weighted by Gasteiger charge is 2.16. The summed E-state index contributed by atoms with van der Waals surface area (Å²) in [7, 11) is 0. The van der Waals surface area contributed by atoms with Crippen molar-refractivity contribution in [1.29, 1.82) is 0 Å². The largest absolute Gasteiger partial charge is 0.378 e. The first-order valence-corrected chi connectivity index (χ1v) is 7.18. The molecular formula is C13H17N3OS. The van der Waals surface area contributed by atoms with Crippen molar-refractivity contribution in [2.24, 2.45) is 0 Å². The molecule has 2 aromatic rings. The number of anilines is 1. The zero-order valence-electron chi connectivity index (χ0n) is 10.2. The number of hydrogen-bond donors (Lipinski definition) is 1. The molecule has 0 amide bonds. The molecule has 1 saturated heterocycles. The molecule has 1 N–H and O–H groups in total. The molecule has 0 aromatic carbocycles. The highest BCUT2D eigenvalue weighted by molar-refractivity contribution is 7.09. The van der Waals surface area contributed by atoms with Gasteiger partial charge in [0.15, 0.2) is 0 Å². The quantitative estimate of drug-likeness (QED) is 0.901. The average molecular weight is 263 g/mol. The number of nitrogens with zero attached hydrogens (tertiary/aromatic N) is 2. The van der Waals surface area contributed by atoms with Crippen molar-refractivity contribution in [2.45, 2.75) is 32.0 Å². The fourth-order valence-electron chi connectivity index (χ4n) is 2.15. The van der Waals surface area contributed by atoms with E-state index in [1.54, 1.807) is 11.3 Å². The van der Waals surface area contributed by atoms with Gasteiger partial charge in [-0.15, -0.1) is 11.3 Å². The Morgan fingerprint density at radius 3 is 3.33 bits per heavy atom. The lowest BCUT2D eigenvalue weighted by atomic mass is 10.2. The standard InChI is InChI=1S/C13H17N3OS/c1-3-12(17-5-1)10-16-9-11(7-15-16)14-8-13-4-2-6-18-13/h2,4,6-7,9,12,14H,1,3,5,8,10H2. The second kappa shape index (κ2) is 5.54. The molecule has 0 spiro atoms. The maximum absolute atomic E-state index is 5.61. The van der Waals surface area contributed by atoms with Gasteiger partial charge in [0.2, 0.25) is 0 Å². The third-order valence-electron chi connectivity index (χ3n) is 3.09. The first kappa shape index (κ1) is 11.7. The van der Waals surface area contributed by atoms with Crippen LogP contribution in [0.15, 0.2) is 29.9 Å². The van der Waals surface area contributed by atoms with E-state index >= 15 is 0 Å². The van der Waals surface area contributed by atoms with Gasteiger partial charge in [-0.25, -0.2) is 0 Å². The van der Waals surface area contributed by atoms with Gasteiger partial charge in [0.1, 0.15) is 0 Å². The number of aromatic nitrogens is 2. The minimum atomic E-state index is 0.343. The maximum Gasteiger partial charge on any atom is 0.0771 e. The van der Waals surface area contributed by atoms with Crippen molar-refractivity contribution in [2.75, 3.05) is 11.9 Å². The summed E-state index contributed by atoms with van der Waals surface area (Å²) in [6.45, 7) is 2.62. The average Bonchev–Trinajstić information content (AvgIpc) is 3.09. The van der Waals surface area contributed by atoms with Crippen LogP contribution in [0.3, 0.4) is 0 Å². The monoisotopic (exact) mass is 263 g/mol. The van der Waals surface area contributed by atoms with Crippen molar-refractivity contribution in [1.82, 2.24) is 9.78 Å². The molecule has 1 atom stereocenters. The first-order valence-electron chi connectivity index (χ1n) is 6.30. The molecule has 0 saturated carbocycles. The molecule has 0 bridgehead atoms. The lowest BCUT2D eigenvalue weighted by molar-refractivity contribution is 0.0940. The number of thiophene rings is 1. The topological polar surface area (TPSA) is 39.1 Å². The van der Waals surface area contributed by atoms with E-state index in [4.69, 9.17) is 4.74 Å². The summed E-state index contributed by atoms with van der Waals surface area (Å²) in [5.41, 5.74) is 1.07. The van der Waals surface area contributed by atoms with Crippen LogP contribution in [0.4, 0.5) is 5.69 Å². The lowest BCUT2D eigenvalue weighted by Gasteiger charge is -2.08. The van der Waals surface area contributed by atoms with Gasteiger partial charge in [-0.2, -0.15) is 5.10 Å². The number of hydrogen-bond acceptors (Lipinski definition) is 4. The van der Waals surface area contributed by atoms with Crippen molar-refractivity contribution in [3.8, 4) is 0 Å². The summed E-state index contributed by atoms with van der Waals surface area (Å²) >= 11 is 1.77. The van der Waals surface area contributed by atoms with Crippen LogP contribution in [-0.4, -0.2) is 22.5 Å². The van der Waals surface area contributed by atoms with Gasteiger partial charge in [-0.1, -0.05) is 6.07 Å². The van der Waals surface area contributed by atoms with Crippen LogP contribution in [0.25, 0.3) is 0 Å². The van der Waals surface area contributed by atoms with Crippen LogP contribution in [-0.2, 0) is 17.8 Å². The Labute approximate surface area is 111 Å². The molecule has 18 heavy (non-hydrogen) atoms. The Hall–Kier alpha value is -1.33. The van der Waals surface area contributed by atoms with Crippen molar-refractivity contribution in [3.63, 3.8) is 0 Å². The molecule has 1 aliphatic heterocycles. The molecule has 5 heteroatoms. The normalized spacial score (nSPS) is 19.2. The Balaban J connectivity index is 1.52. The predicted octanol–water partition coefficient (Wildman–Crippen LogP) is 2.74. The number of nitrogens with one attached hydrogen (secondary N) is 1. The number of rotatable bonds is 5. The summed E-state index contributed by atoms with van der Waals surface area (Å²) in [6.07, 6.45) is 6.60. The smallest absolute Gasteiger partial charge is 0.0771 e. The highest BCUT2D eigenvalue weighted by atomic mass is 32.1. The first-order chi connectivity index (χ1) is 8.90. The Bertz CT molecular complexity index is 474. The third kappa shape index (κ3) is 2.91. The fourth-order valence-corrected chi connectivity index (χ4v) is 2.80. The van der Waals surface area contributed by atoms with E-state index < -0.39 is 0 Å². The van der Waals surface area contributed by atoms with E-state index in [0.717, 1.165) is 31.8 Å². The molecule has 0 aliphatic carbocycles. The highest BCUT2D eigenvalue weighted by Crippen LogP contribution is 2.16. The van der Waals surface area contributed by atoms with Crippen molar-refractivity contribution in [3.05, 3.63) is 34.8 Å². The molecule has 0 radical (unpaired) electrons. The summed E-state index contributed by atoms with van der Waals surface area (Å²) in [6, 6.07) is 4.21. The summed E-state index contributed by atoms with van der Waals surface area (Å²) in [5.74, 6) is 0. The summed E-state index contributed by atoms with van der Waals surface area (Å²) in [4.78, 5) is 1.34. The van der Waals surface area contributed by atoms with Gasteiger partial charge in [-0.3, -0.25) is 4.68 Å². The zero-order valence-corrected chi connectivity index (χ0v) is 11.0. The molecule has 3 rings (SSSR count). The van der Waals surface area contributed by atoms with Crippen LogP contribution in [0.1, 0.15) is 17.7 Å². The van der Waals surface area contributed by atoms with Gasteiger partial charge in [0.05, 0.1) is 24.5 Å². The van der Waals surface area contributed by atoms with Crippen LogP contribution < -0.4 is 5.32 Å². The van der Waals surface area contributed by atoms with E-state index in [9.17, 15) is 0 Å². The minimum Gasteiger partial charge on any atom is -0.378 e. The van der Waals surface area contributed by atoms with E-state index in [1.807, 2.05) is 10.9 Å².